The van der Waals surface area contributed by atoms with Crippen LogP contribution in [0.5, 0.6) is 0 Å². The highest BCUT2D eigenvalue weighted by molar-refractivity contribution is 5.98. The van der Waals surface area contributed by atoms with E-state index in [0.717, 1.165) is 12.8 Å². The van der Waals surface area contributed by atoms with E-state index in [1.807, 2.05) is 0 Å². The first-order valence-electron chi connectivity index (χ1n) is 8.90. The number of ether oxygens (including phenoxy) is 1. The molecule has 1 fully saturated rings. The Bertz CT molecular complexity index is 1100. The van der Waals surface area contributed by atoms with Gasteiger partial charge in [0, 0.05) is 26.4 Å². The number of rotatable bonds is 6. The van der Waals surface area contributed by atoms with Crippen LogP contribution in [0.4, 0.5) is 17.3 Å². The third kappa shape index (κ3) is 2.87. The first-order valence-corrected chi connectivity index (χ1v) is 8.90. The van der Waals surface area contributed by atoms with Crippen LogP contribution in [-0.4, -0.2) is 45.3 Å². The van der Waals surface area contributed by atoms with Gasteiger partial charge in [0.05, 0.1) is 18.3 Å². The van der Waals surface area contributed by atoms with E-state index >= 15 is 0 Å². The fraction of sp³-hybridized carbons (Fsp3) is 0.333. The maximum absolute atomic E-state index is 12.9. The molecule has 146 valence electrons. The third-order valence-corrected chi connectivity index (χ3v) is 5.07. The molecule has 0 bridgehead atoms. The predicted molar refractivity (Wildman–Crippen MR) is 104 cm³/mol. The van der Waals surface area contributed by atoms with Crippen LogP contribution < -0.4 is 21.9 Å². The molecule has 1 amide bonds. The lowest BCUT2D eigenvalue weighted by molar-refractivity contribution is -0.0103. The highest BCUT2D eigenvalue weighted by atomic mass is 16.5. The summed E-state index contributed by atoms with van der Waals surface area (Å²) in [6.07, 6.45) is 5.01. The second-order valence-electron chi connectivity index (χ2n) is 6.61. The highest BCUT2D eigenvalue weighted by Crippen LogP contribution is 2.33. The number of pyridine rings is 1. The number of methoxy groups -OCH3 is 1. The Labute approximate surface area is 160 Å². The van der Waals surface area contributed by atoms with Gasteiger partial charge in [-0.25, -0.2) is 4.98 Å². The Balaban J connectivity index is 1.73. The fourth-order valence-corrected chi connectivity index (χ4v) is 3.43. The van der Waals surface area contributed by atoms with Crippen LogP contribution in [0.25, 0.3) is 5.65 Å². The van der Waals surface area contributed by atoms with Gasteiger partial charge in [0.25, 0.3) is 11.5 Å². The van der Waals surface area contributed by atoms with Gasteiger partial charge in [-0.2, -0.15) is 9.61 Å². The van der Waals surface area contributed by atoms with Gasteiger partial charge < -0.3 is 25.7 Å². The summed E-state index contributed by atoms with van der Waals surface area (Å²) in [7, 11) is 3.38. The average Bonchev–Trinajstić information content (AvgIpc) is 3.08. The van der Waals surface area contributed by atoms with Crippen molar-refractivity contribution in [1.29, 1.82) is 0 Å². The number of hydrogen-bond acceptors (Lipinski definition) is 7. The van der Waals surface area contributed by atoms with Crippen LogP contribution in [0.3, 0.4) is 0 Å². The summed E-state index contributed by atoms with van der Waals surface area (Å²) in [5, 5.41) is 10.2. The molecule has 28 heavy (non-hydrogen) atoms. The Morgan fingerprint density at radius 1 is 1.39 bits per heavy atom. The molecule has 1 aliphatic rings. The van der Waals surface area contributed by atoms with Crippen LogP contribution in [0.2, 0.25) is 0 Å². The number of primary amides is 1. The van der Waals surface area contributed by atoms with Crippen molar-refractivity contribution < 1.29 is 9.53 Å². The lowest BCUT2D eigenvalue weighted by Gasteiger charge is -2.36. The maximum Gasteiger partial charge on any atom is 0.274 e. The molecule has 0 aromatic carbocycles. The normalized spacial score (nSPS) is 18.6. The summed E-state index contributed by atoms with van der Waals surface area (Å²) in [5.74, 6) is 0.362. The zero-order chi connectivity index (χ0) is 19.8. The predicted octanol–water partition coefficient (Wildman–Crippen LogP) is 1.13. The van der Waals surface area contributed by atoms with Crippen molar-refractivity contribution in [1.82, 2.24) is 19.2 Å². The molecule has 0 spiro atoms. The van der Waals surface area contributed by atoms with Crippen LogP contribution in [0.15, 0.2) is 35.4 Å². The fourth-order valence-electron chi connectivity index (χ4n) is 3.43. The molecule has 1 aliphatic carbocycles. The smallest absolute Gasteiger partial charge is 0.274 e. The standard InChI is InChI=1S/C18H21N7O3/c1-20-15-8-14(23-17-10(16(19)26)9-21-25(15)17)22-11-4-3-7-24(18(11)27)12-5-6-13(12)28-2/h3-4,7-9,12-13,20H,5-6H2,1-2H3,(H2,19,26)(H,22,23)/t12-,13-/m1/s1. The topological polar surface area (TPSA) is 129 Å². The van der Waals surface area contributed by atoms with Crippen molar-refractivity contribution in [2.75, 3.05) is 24.8 Å². The molecule has 0 saturated heterocycles. The number of nitrogens with zero attached hydrogens (tertiary/aromatic N) is 4. The summed E-state index contributed by atoms with van der Waals surface area (Å²) in [6, 6.07) is 5.22. The molecule has 4 rings (SSSR count). The zero-order valence-electron chi connectivity index (χ0n) is 15.5. The minimum atomic E-state index is -0.626. The van der Waals surface area contributed by atoms with E-state index in [1.165, 1.54) is 10.7 Å². The third-order valence-electron chi connectivity index (χ3n) is 5.07. The Hall–Kier alpha value is -3.40. The quantitative estimate of drug-likeness (QED) is 0.582. The molecular formula is C18H21N7O3. The first-order chi connectivity index (χ1) is 13.5. The molecule has 0 aliphatic heterocycles. The summed E-state index contributed by atoms with van der Waals surface area (Å²) in [6.45, 7) is 0. The molecule has 3 aromatic rings. The van der Waals surface area contributed by atoms with Gasteiger partial charge in [0.2, 0.25) is 0 Å². The van der Waals surface area contributed by atoms with Gasteiger partial charge in [-0.15, -0.1) is 0 Å². The monoisotopic (exact) mass is 383 g/mol. The second-order valence-corrected chi connectivity index (χ2v) is 6.61. The molecule has 1 saturated carbocycles. The molecule has 2 atom stereocenters. The number of nitrogens with one attached hydrogen (secondary N) is 2. The summed E-state index contributed by atoms with van der Waals surface area (Å²) >= 11 is 0. The Morgan fingerprint density at radius 2 is 2.21 bits per heavy atom. The van der Waals surface area contributed by atoms with Crippen LogP contribution in [0, 0.1) is 0 Å². The number of nitrogens with two attached hydrogens (primary N) is 1. The van der Waals surface area contributed by atoms with Gasteiger partial charge in [-0.05, 0) is 25.0 Å². The SMILES string of the molecule is CNc1cc(Nc2cccn([C@@H]3CC[C@H]3OC)c2=O)nc2c(C(N)=O)cnn12. The van der Waals surface area contributed by atoms with Gasteiger partial charge in [0.15, 0.2) is 5.65 Å². The zero-order valence-corrected chi connectivity index (χ0v) is 15.5. The molecule has 3 aromatic heterocycles. The van der Waals surface area contributed by atoms with E-state index in [9.17, 15) is 9.59 Å². The van der Waals surface area contributed by atoms with E-state index in [-0.39, 0.29) is 23.3 Å². The van der Waals surface area contributed by atoms with E-state index < -0.39 is 5.91 Å². The molecular weight excluding hydrogens is 362 g/mol. The highest BCUT2D eigenvalue weighted by Gasteiger charge is 2.33. The van der Waals surface area contributed by atoms with Crippen molar-refractivity contribution in [3.05, 3.63) is 46.5 Å². The summed E-state index contributed by atoms with van der Waals surface area (Å²) < 4.78 is 8.58. The van der Waals surface area contributed by atoms with Crippen LogP contribution >= 0.6 is 0 Å². The van der Waals surface area contributed by atoms with Crippen LogP contribution in [0.1, 0.15) is 29.2 Å². The molecule has 10 heteroatoms. The molecule has 0 unspecified atom stereocenters. The van der Waals surface area contributed by atoms with Gasteiger partial charge in [-0.1, -0.05) is 0 Å². The van der Waals surface area contributed by atoms with Crippen molar-refractivity contribution in [3.63, 3.8) is 0 Å². The number of aromatic nitrogens is 4. The number of carbonyl (C=O) groups excluding carboxylic acids is 1. The summed E-state index contributed by atoms with van der Waals surface area (Å²) in [5.41, 5.74) is 6.12. The minimum absolute atomic E-state index is 0.0267. The number of fused-ring (bicyclic) bond motifs is 1. The van der Waals surface area contributed by atoms with Crippen molar-refractivity contribution >= 4 is 28.9 Å². The lowest BCUT2D eigenvalue weighted by atomic mass is 9.88. The lowest BCUT2D eigenvalue weighted by Crippen LogP contribution is -2.40. The van der Waals surface area contributed by atoms with Crippen LogP contribution in [-0.2, 0) is 4.74 Å². The van der Waals surface area contributed by atoms with Crippen molar-refractivity contribution in [2.24, 2.45) is 5.73 Å². The Morgan fingerprint density at radius 3 is 2.86 bits per heavy atom. The molecule has 4 N–H and O–H groups in total. The maximum atomic E-state index is 12.9. The number of amides is 1. The molecule has 0 radical (unpaired) electrons. The average molecular weight is 383 g/mol. The number of anilines is 3. The van der Waals surface area contributed by atoms with E-state index in [4.69, 9.17) is 10.5 Å². The second kappa shape index (κ2) is 6.97. The van der Waals surface area contributed by atoms with Crippen molar-refractivity contribution in [3.8, 4) is 0 Å². The van der Waals surface area contributed by atoms with E-state index in [2.05, 4.69) is 20.7 Å². The van der Waals surface area contributed by atoms with E-state index in [1.54, 1.807) is 43.1 Å². The number of hydrogen-bond donors (Lipinski definition) is 3. The first kappa shape index (κ1) is 18.0. The van der Waals surface area contributed by atoms with Gasteiger partial charge in [0.1, 0.15) is 22.9 Å². The van der Waals surface area contributed by atoms with Crippen molar-refractivity contribution in [2.45, 2.75) is 25.0 Å². The molecule has 10 nitrogen and oxygen atoms in total. The molecule has 3 heterocycles. The number of carbonyl (C=O) groups is 1. The summed E-state index contributed by atoms with van der Waals surface area (Å²) in [4.78, 5) is 29.0. The van der Waals surface area contributed by atoms with E-state index in [0.29, 0.717) is 23.0 Å². The largest absolute Gasteiger partial charge is 0.379 e. The minimum Gasteiger partial charge on any atom is -0.379 e. The Kier molecular flexibility index (Phi) is 4.47. The van der Waals surface area contributed by atoms with Gasteiger partial charge in [-0.3, -0.25) is 9.59 Å². The van der Waals surface area contributed by atoms with Gasteiger partial charge >= 0.3 is 0 Å².